The van der Waals surface area contributed by atoms with Crippen LogP contribution in [0.4, 0.5) is 0 Å². The van der Waals surface area contributed by atoms with Gasteiger partial charge in [-0.15, -0.1) is 22.9 Å². The summed E-state index contributed by atoms with van der Waals surface area (Å²) in [5, 5.41) is 2.86. The Morgan fingerprint density at radius 1 is 1.30 bits per heavy atom. The number of rotatable bonds is 4. The Morgan fingerprint density at radius 2 is 2.15 bits per heavy atom. The first kappa shape index (κ1) is 13.9. The lowest BCUT2D eigenvalue weighted by Crippen LogP contribution is -2.06. The molecule has 0 amide bonds. The van der Waals surface area contributed by atoms with Crippen molar-refractivity contribution < 1.29 is 0 Å². The molecular weight excluding hydrogens is 311 g/mol. The van der Waals surface area contributed by atoms with Gasteiger partial charge in [0.05, 0.1) is 22.6 Å². The molecule has 0 aliphatic rings. The van der Waals surface area contributed by atoms with Crippen LogP contribution >= 0.6 is 34.5 Å². The first-order valence-corrected chi connectivity index (χ1v) is 8.22. The zero-order valence-electron chi connectivity index (χ0n) is 11.1. The SMILES string of the molecule is Cc1ccsc1Cn1c(CCCl)nc2cccc(Cl)c21. The van der Waals surface area contributed by atoms with Crippen LogP contribution < -0.4 is 0 Å². The van der Waals surface area contributed by atoms with Gasteiger partial charge in [-0.3, -0.25) is 0 Å². The van der Waals surface area contributed by atoms with E-state index in [0.29, 0.717) is 5.88 Å². The van der Waals surface area contributed by atoms with Crippen LogP contribution in [0.3, 0.4) is 0 Å². The Morgan fingerprint density at radius 3 is 2.85 bits per heavy atom. The average molecular weight is 325 g/mol. The molecule has 0 aliphatic carbocycles. The van der Waals surface area contributed by atoms with Gasteiger partial charge in [0.25, 0.3) is 0 Å². The van der Waals surface area contributed by atoms with Gasteiger partial charge < -0.3 is 4.57 Å². The first-order chi connectivity index (χ1) is 9.70. The maximum Gasteiger partial charge on any atom is 0.111 e. The molecule has 5 heteroatoms. The van der Waals surface area contributed by atoms with Crippen LogP contribution in [-0.4, -0.2) is 15.4 Å². The quantitative estimate of drug-likeness (QED) is 0.625. The molecule has 3 rings (SSSR count). The molecule has 0 unspecified atom stereocenters. The number of nitrogens with zero attached hydrogens (tertiary/aromatic N) is 2. The molecule has 0 N–H and O–H groups in total. The Hall–Kier alpha value is -1.03. The lowest BCUT2D eigenvalue weighted by atomic mass is 10.2. The number of benzene rings is 1. The van der Waals surface area contributed by atoms with E-state index in [1.54, 1.807) is 11.3 Å². The van der Waals surface area contributed by atoms with Crippen molar-refractivity contribution in [2.24, 2.45) is 0 Å². The summed E-state index contributed by atoms with van der Waals surface area (Å²) in [4.78, 5) is 6.01. The molecule has 0 fully saturated rings. The van der Waals surface area contributed by atoms with E-state index in [9.17, 15) is 0 Å². The van der Waals surface area contributed by atoms with E-state index in [1.807, 2.05) is 18.2 Å². The summed E-state index contributed by atoms with van der Waals surface area (Å²) < 4.78 is 2.19. The van der Waals surface area contributed by atoms with Gasteiger partial charge in [-0.05, 0) is 36.1 Å². The van der Waals surface area contributed by atoms with Crippen LogP contribution in [-0.2, 0) is 13.0 Å². The molecule has 2 aromatic heterocycles. The maximum absolute atomic E-state index is 6.37. The lowest BCUT2D eigenvalue weighted by Gasteiger charge is -2.09. The normalized spacial score (nSPS) is 11.3. The molecule has 2 nitrogen and oxygen atoms in total. The Labute approximate surface area is 132 Å². The summed E-state index contributed by atoms with van der Waals surface area (Å²) >= 11 is 14.0. The zero-order chi connectivity index (χ0) is 14.1. The molecule has 0 bridgehead atoms. The molecule has 0 spiro atoms. The van der Waals surface area contributed by atoms with Gasteiger partial charge in [0, 0.05) is 17.2 Å². The minimum absolute atomic E-state index is 0.560. The maximum atomic E-state index is 6.37. The fourth-order valence-corrected chi connectivity index (χ4v) is 3.68. The second-order valence-electron chi connectivity index (χ2n) is 4.69. The number of alkyl halides is 1. The molecule has 3 aromatic rings. The van der Waals surface area contributed by atoms with Gasteiger partial charge in [-0.25, -0.2) is 4.98 Å². The van der Waals surface area contributed by atoms with E-state index in [-0.39, 0.29) is 0 Å². The third-order valence-corrected chi connectivity index (χ3v) is 4.89. The van der Waals surface area contributed by atoms with Crippen molar-refractivity contribution in [3.63, 3.8) is 0 Å². The highest BCUT2D eigenvalue weighted by molar-refractivity contribution is 7.10. The molecule has 0 atom stereocenters. The topological polar surface area (TPSA) is 17.8 Å². The van der Waals surface area contributed by atoms with Gasteiger partial charge in [0.1, 0.15) is 5.82 Å². The number of hydrogen-bond donors (Lipinski definition) is 0. The van der Waals surface area contributed by atoms with E-state index in [1.165, 1.54) is 10.4 Å². The highest BCUT2D eigenvalue weighted by atomic mass is 35.5. The van der Waals surface area contributed by atoms with Crippen molar-refractivity contribution in [2.75, 3.05) is 5.88 Å². The number of halogens is 2. The zero-order valence-corrected chi connectivity index (χ0v) is 13.4. The van der Waals surface area contributed by atoms with Crippen molar-refractivity contribution in [1.82, 2.24) is 9.55 Å². The van der Waals surface area contributed by atoms with Gasteiger partial charge in [-0.1, -0.05) is 17.7 Å². The number of aryl methyl sites for hydroxylation is 2. The van der Waals surface area contributed by atoms with Crippen LogP contribution in [0.25, 0.3) is 11.0 Å². The first-order valence-electron chi connectivity index (χ1n) is 6.43. The third kappa shape index (κ3) is 2.46. The smallest absolute Gasteiger partial charge is 0.111 e. The summed E-state index contributed by atoms with van der Waals surface area (Å²) in [6.07, 6.45) is 0.747. The van der Waals surface area contributed by atoms with Gasteiger partial charge in [0.15, 0.2) is 0 Å². The van der Waals surface area contributed by atoms with Crippen LogP contribution in [0.5, 0.6) is 0 Å². The van der Waals surface area contributed by atoms with Crippen LogP contribution in [0.2, 0.25) is 5.02 Å². The van der Waals surface area contributed by atoms with E-state index >= 15 is 0 Å². The van der Waals surface area contributed by atoms with Crippen molar-refractivity contribution in [1.29, 1.82) is 0 Å². The highest BCUT2D eigenvalue weighted by Crippen LogP contribution is 2.27. The van der Waals surface area contributed by atoms with E-state index < -0.39 is 0 Å². The molecular formula is C15H14Cl2N2S. The largest absolute Gasteiger partial charge is 0.321 e. The molecule has 104 valence electrons. The lowest BCUT2D eigenvalue weighted by molar-refractivity contribution is 0.760. The van der Waals surface area contributed by atoms with Crippen molar-refractivity contribution in [3.8, 4) is 0 Å². The van der Waals surface area contributed by atoms with Crippen molar-refractivity contribution in [2.45, 2.75) is 19.9 Å². The fourth-order valence-electron chi connectivity index (χ4n) is 2.35. The van der Waals surface area contributed by atoms with Gasteiger partial charge in [0.2, 0.25) is 0 Å². The average Bonchev–Trinajstić information content (AvgIpc) is 2.97. The predicted octanol–water partition coefficient (Wildman–Crippen LogP) is 4.89. The molecule has 20 heavy (non-hydrogen) atoms. The molecule has 0 radical (unpaired) electrons. The molecule has 0 saturated carbocycles. The monoisotopic (exact) mass is 324 g/mol. The highest BCUT2D eigenvalue weighted by Gasteiger charge is 2.14. The third-order valence-electron chi connectivity index (χ3n) is 3.38. The van der Waals surface area contributed by atoms with Gasteiger partial charge >= 0.3 is 0 Å². The Balaban J connectivity index is 2.15. The number of para-hydroxylation sites is 1. The van der Waals surface area contributed by atoms with Crippen LogP contribution in [0, 0.1) is 6.92 Å². The predicted molar refractivity (Wildman–Crippen MR) is 87.3 cm³/mol. The van der Waals surface area contributed by atoms with Gasteiger partial charge in [-0.2, -0.15) is 0 Å². The van der Waals surface area contributed by atoms with Crippen LogP contribution in [0.15, 0.2) is 29.6 Å². The van der Waals surface area contributed by atoms with E-state index in [4.69, 9.17) is 23.2 Å². The Bertz CT molecular complexity index is 745. The second kappa shape index (κ2) is 5.76. The van der Waals surface area contributed by atoms with Crippen LogP contribution in [0.1, 0.15) is 16.3 Å². The standard InChI is InChI=1S/C15H14Cl2N2S/c1-10-6-8-20-13(10)9-19-14(5-7-16)18-12-4-2-3-11(17)15(12)19/h2-4,6,8H,5,7,9H2,1H3. The van der Waals surface area contributed by atoms with E-state index in [0.717, 1.165) is 34.8 Å². The second-order valence-corrected chi connectivity index (χ2v) is 6.47. The molecule has 1 aromatic carbocycles. The fraction of sp³-hybridized carbons (Fsp3) is 0.267. The minimum Gasteiger partial charge on any atom is -0.321 e. The number of hydrogen-bond acceptors (Lipinski definition) is 2. The number of aromatic nitrogens is 2. The minimum atomic E-state index is 0.560. The number of imidazole rings is 1. The summed E-state index contributed by atoms with van der Waals surface area (Å²) in [5.41, 5.74) is 3.25. The molecule has 0 aliphatic heterocycles. The molecule has 0 saturated heterocycles. The summed E-state index contributed by atoms with van der Waals surface area (Å²) in [6.45, 7) is 2.93. The number of thiophene rings is 1. The van der Waals surface area contributed by atoms with E-state index in [2.05, 4.69) is 27.9 Å². The summed E-state index contributed by atoms with van der Waals surface area (Å²) in [7, 11) is 0. The van der Waals surface area contributed by atoms with Crippen molar-refractivity contribution in [3.05, 3.63) is 50.9 Å². The molecule has 2 heterocycles. The van der Waals surface area contributed by atoms with Crippen molar-refractivity contribution >= 4 is 45.6 Å². The number of fused-ring (bicyclic) bond motifs is 1. The summed E-state index contributed by atoms with van der Waals surface area (Å²) in [6, 6.07) is 7.98. The Kier molecular flexibility index (Phi) is 4.01. The summed E-state index contributed by atoms with van der Waals surface area (Å²) in [5.74, 6) is 1.56.